The Hall–Kier alpha value is -3.16. The number of carbonyl (C=O) groups excluding carboxylic acids is 1. The third kappa shape index (κ3) is 4.19. The molecule has 0 N–H and O–H groups in total. The quantitative estimate of drug-likeness (QED) is 0.400. The van der Waals surface area contributed by atoms with Crippen LogP contribution in [0.15, 0.2) is 59.4 Å². The predicted octanol–water partition coefficient (Wildman–Crippen LogP) is 5.03. The van der Waals surface area contributed by atoms with Gasteiger partial charge < -0.3 is 14.1 Å². The maximum atomic E-state index is 12.7. The summed E-state index contributed by atoms with van der Waals surface area (Å²) in [6.07, 6.45) is 5.49. The van der Waals surface area contributed by atoms with Gasteiger partial charge in [0.2, 0.25) is 5.89 Å². The summed E-state index contributed by atoms with van der Waals surface area (Å²) < 4.78 is 11.5. The standard InChI is InChI=1S/C22H16Cl2N4O3/c23-15-7-14(8-16(24)10-15)21-27-18-2-1-13(9-19(18)31-21)22(29)30-17-3-6-28(12-17)20-11-25-4-5-26-20/h1-2,4-5,7-11,17H,3,6,12H2. The lowest BCUT2D eigenvalue weighted by Gasteiger charge is -2.16. The van der Waals surface area contributed by atoms with Gasteiger partial charge in [-0.2, -0.15) is 0 Å². The summed E-state index contributed by atoms with van der Waals surface area (Å²) in [7, 11) is 0. The minimum Gasteiger partial charge on any atom is -0.457 e. The van der Waals surface area contributed by atoms with Crippen molar-refractivity contribution in [3.8, 4) is 11.5 Å². The number of fused-ring (bicyclic) bond motifs is 1. The summed E-state index contributed by atoms with van der Waals surface area (Å²) in [6.45, 7) is 1.33. The van der Waals surface area contributed by atoms with E-state index in [0.29, 0.717) is 44.7 Å². The Balaban J connectivity index is 1.32. The Morgan fingerprint density at radius 2 is 1.97 bits per heavy atom. The van der Waals surface area contributed by atoms with Crippen LogP contribution in [0.4, 0.5) is 5.82 Å². The zero-order chi connectivity index (χ0) is 21.4. The number of hydrogen-bond donors (Lipinski definition) is 0. The maximum absolute atomic E-state index is 12.7. The molecule has 3 heterocycles. The summed E-state index contributed by atoms with van der Waals surface area (Å²) >= 11 is 12.1. The second kappa shape index (κ2) is 8.17. The molecule has 4 aromatic rings. The first-order valence-electron chi connectivity index (χ1n) is 9.64. The number of benzene rings is 2. The lowest BCUT2D eigenvalue weighted by Crippen LogP contribution is -2.25. The number of nitrogens with zero attached hydrogens (tertiary/aromatic N) is 4. The molecule has 156 valence electrons. The molecular weight excluding hydrogens is 439 g/mol. The Morgan fingerprint density at radius 3 is 2.74 bits per heavy atom. The first-order valence-corrected chi connectivity index (χ1v) is 10.4. The lowest BCUT2D eigenvalue weighted by atomic mass is 10.2. The molecule has 1 unspecified atom stereocenters. The Morgan fingerprint density at radius 1 is 1.13 bits per heavy atom. The van der Waals surface area contributed by atoms with Crippen LogP contribution in [-0.4, -0.2) is 40.1 Å². The lowest BCUT2D eigenvalue weighted by molar-refractivity contribution is 0.0348. The average molecular weight is 455 g/mol. The number of anilines is 1. The molecule has 0 amide bonds. The van der Waals surface area contributed by atoms with E-state index in [-0.39, 0.29) is 6.10 Å². The van der Waals surface area contributed by atoms with E-state index in [0.717, 1.165) is 18.8 Å². The molecule has 9 heteroatoms. The molecule has 1 saturated heterocycles. The fourth-order valence-corrected chi connectivity index (χ4v) is 4.08. The Kier molecular flexibility index (Phi) is 5.21. The molecule has 31 heavy (non-hydrogen) atoms. The van der Waals surface area contributed by atoms with Gasteiger partial charge in [-0.15, -0.1) is 0 Å². The van der Waals surface area contributed by atoms with Crippen LogP contribution >= 0.6 is 23.2 Å². The van der Waals surface area contributed by atoms with Gasteiger partial charge in [0.25, 0.3) is 0 Å². The van der Waals surface area contributed by atoms with Gasteiger partial charge in [0.1, 0.15) is 17.4 Å². The van der Waals surface area contributed by atoms with E-state index in [2.05, 4.69) is 15.0 Å². The Labute approximate surface area is 187 Å². The third-order valence-corrected chi connectivity index (χ3v) is 5.46. The van der Waals surface area contributed by atoms with Crippen LogP contribution in [0.5, 0.6) is 0 Å². The maximum Gasteiger partial charge on any atom is 0.338 e. The largest absolute Gasteiger partial charge is 0.457 e. The van der Waals surface area contributed by atoms with Crippen molar-refractivity contribution in [2.75, 3.05) is 18.0 Å². The van der Waals surface area contributed by atoms with Crippen LogP contribution in [-0.2, 0) is 4.74 Å². The fourth-order valence-electron chi connectivity index (χ4n) is 3.56. The molecular formula is C22H16Cl2N4O3. The van der Waals surface area contributed by atoms with Gasteiger partial charge in [0, 0.05) is 41.0 Å². The van der Waals surface area contributed by atoms with Gasteiger partial charge in [0.05, 0.1) is 18.3 Å². The molecule has 0 bridgehead atoms. The number of aromatic nitrogens is 3. The molecule has 0 spiro atoms. The summed E-state index contributed by atoms with van der Waals surface area (Å²) in [6, 6.07) is 10.1. The minimum atomic E-state index is -0.406. The number of carbonyl (C=O) groups is 1. The van der Waals surface area contributed by atoms with Crippen molar-refractivity contribution in [1.82, 2.24) is 15.0 Å². The average Bonchev–Trinajstić information content (AvgIpc) is 3.40. The van der Waals surface area contributed by atoms with Crippen molar-refractivity contribution < 1.29 is 13.9 Å². The Bertz CT molecular complexity index is 1240. The summed E-state index contributed by atoms with van der Waals surface area (Å²) in [4.78, 5) is 27.6. The fraction of sp³-hybridized carbons (Fsp3) is 0.182. The van der Waals surface area contributed by atoms with Crippen LogP contribution < -0.4 is 4.90 Å². The van der Waals surface area contributed by atoms with Gasteiger partial charge in [-0.25, -0.2) is 14.8 Å². The van der Waals surface area contributed by atoms with E-state index in [4.69, 9.17) is 32.4 Å². The molecule has 1 atom stereocenters. The van der Waals surface area contributed by atoms with E-state index < -0.39 is 5.97 Å². The first kappa shape index (κ1) is 19.8. The molecule has 0 aliphatic carbocycles. The molecule has 7 nitrogen and oxygen atoms in total. The monoisotopic (exact) mass is 454 g/mol. The number of ether oxygens (including phenoxy) is 1. The summed E-state index contributed by atoms with van der Waals surface area (Å²) in [5, 5.41) is 0.974. The molecule has 2 aromatic heterocycles. The highest BCUT2D eigenvalue weighted by molar-refractivity contribution is 6.35. The smallest absolute Gasteiger partial charge is 0.338 e. The van der Waals surface area contributed by atoms with E-state index in [1.807, 2.05) is 4.90 Å². The van der Waals surface area contributed by atoms with Gasteiger partial charge in [-0.3, -0.25) is 4.98 Å². The molecule has 1 aliphatic heterocycles. The van der Waals surface area contributed by atoms with E-state index in [1.165, 1.54) is 0 Å². The van der Waals surface area contributed by atoms with Crippen LogP contribution in [0.1, 0.15) is 16.8 Å². The second-order valence-electron chi connectivity index (χ2n) is 7.19. The third-order valence-electron chi connectivity index (χ3n) is 5.03. The van der Waals surface area contributed by atoms with Gasteiger partial charge >= 0.3 is 5.97 Å². The van der Waals surface area contributed by atoms with E-state index in [1.54, 1.807) is 55.0 Å². The molecule has 2 aromatic carbocycles. The number of oxazole rings is 1. The molecule has 0 saturated carbocycles. The molecule has 1 fully saturated rings. The SMILES string of the molecule is O=C(OC1CCN(c2cnccn2)C1)c1ccc2nc(-c3cc(Cl)cc(Cl)c3)oc2c1. The molecule has 0 radical (unpaired) electrons. The van der Waals surface area contributed by atoms with Crippen molar-refractivity contribution in [2.24, 2.45) is 0 Å². The van der Waals surface area contributed by atoms with Crippen LogP contribution in [0, 0.1) is 0 Å². The summed E-state index contributed by atoms with van der Waals surface area (Å²) in [5.74, 6) is 0.745. The normalized spacial score (nSPS) is 16.1. The number of esters is 1. The van der Waals surface area contributed by atoms with Crippen molar-refractivity contribution >= 4 is 46.1 Å². The second-order valence-corrected chi connectivity index (χ2v) is 8.06. The van der Waals surface area contributed by atoms with Crippen molar-refractivity contribution in [2.45, 2.75) is 12.5 Å². The van der Waals surface area contributed by atoms with Crippen LogP contribution in [0.3, 0.4) is 0 Å². The number of rotatable bonds is 4. The topological polar surface area (TPSA) is 81.4 Å². The zero-order valence-corrected chi connectivity index (χ0v) is 17.7. The van der Waals surface area contributed by atoms with Crippen molar-refractivity contribution in [3.63, 3.8) is 0 Å². The number of halogens is 2. The highest BCUT2D eigenvalue weighted by atomic mass is 35.5. The van der Waals surface area contributed by atoms with Crippen molar-refractivity contribution in [3.05, 3.63) is 70.6 Å². The molecule has 1 aliphatic rings. The van der Waals surface area contributed by atoms with Crippen molar-refractivity contribution in [1.29, 1.82) is 0 Å². The van der Waals surface area contributed by atoms with Crippen LogP contribution in [0.2, 0.25) is 10.0 Å². The minimum absolute atomic E-state index is 0.218. The highest BCUT2D eigenvalue weighted by Gasteiger charge is 2.27. The van der Waals surface area contributed by atoms with Gasteiger partial charge in [-0.05, 0) is 36.4 Å². The zero-order valence-electron chi connectivity index (χ0n) is 16.2. The van der Waals surface area contributed by atoms with Gasteiger partial charge in [-0.1, -0.05) is 23.2 Å². The van der Waals surface area contributed by atoms with E-state index in [9.17, 15) is 4.79 Å². The highest BCUT2D eigenvalue weighted by Crippen LogP contribution is 2.30. The van der Waals surface area contributed by atoms with E-state index >= 15 is 0 Å². The molecule has 5 rings (SSSR count). The van der Waals surface area contributed by atoms with Gasteiger partial charge in [0.15, 0.2) is 5.58 Å². The first-order chi connectivity index (χ1) is 15.0. The van der Waals surface area contributed by atoms with Crippen LogP contribution in [0.25, 0.3) is 22.6 Å². The number of hydrogen-bond acceptors (Lipinski definition) is 7. The summed E-state index contributed by atoms with van der Waals surface area (Å²) in [5.41, 5.74) is 2.16. The predicted molar refractivity (Wildman–Crippen MR) is 118 cm³/mol.